The molecule has 1 N–H and O–H groups in total. The molecule has 0 bridgehead atoms. The summed E-state index contributed by atoms with van der Waals surface area (Å²) in [6.07, 6.45) is 3.18. The van der Waals surface area contributed by atoms with E-state index in [9.17, 15) is 8.78 Å². The molecule has 3 nitrogen and oxygen atoms in total. The summed E-state index contributed by atoms with van der Waals surface area (Å²) < 4.78 is 27.5. The normalized spacial score (nSPS) is 19.1. The van der Waals surface area contributed by atoms with Crippen LogP contribution in [0.15, 0.2) is 42.6 Å². The lowest BCUT2D eigenvalue weighted by molar-refractivity contribution is 0.459. The third-order valence-electron chi connectivity index (χ3n) is 4.23. The van der Waals surface area contributed by atoms with E-state index in [1.165, 1.54) is 12.1 Å². The van der Waals surface area contributed by atoms with E-state index in [1.54, 1.807) is 18.3 Å². The van der Waals surface area contributed by atoms with Crippen molar-refractivity contribution in [1.29, 1.82) is 0 Å². The van der Waals surface area contributed by atoms with Gasteiger partial charge in [-0.3, -0.25) is 0 Å². The zero-order valence-electron chi connectivity index (χ0n) is 13.2. The monoisotopic (exact) mass is 317 g/mol. The van der Waals surface area contributed by atoms with Gasteiger partial charge in [-0.25, -0.2) is 13.8 Å². The van der Waals surface area contributed by atoms with Gasteiger partial charge in [-0.2, -0.15) is 0 Å². The molecular weight excluding hydrogens is 296 g/mol. The summed E-state index contributed by atoms with van der Waals surface area (Å²) in [5.41, 5.74) is 0.720. The molecule has 0 saturated carbocycles. The van der Waals surface area contributed by atoms with Crippen molar-refractivity contribution in [2.75, 3.05) is 18.0 Å². The van der Waals surface area contributed by atoms with Crippen LogP contribution in [0, 0.1) is 11.6 Å². The maximum atomic E-state index is 13.8. The Balaban J connectivity index is 1.56. The first-order valence-corrected chi connectivity index (χ1v) is 7.98. The molecule has 2 atom stereocenters. The highest BCUT2D eigenvalue weighted by molar-refractivity contribution is 5.41. The zero-order chi connectivity index (χ0) is 16.2. The van der Waals surface area contributed by atoms with Gasteiger partial charge in [0.25, 0.3) is 0 Å². The first-order valence-electron chi connectivity index (χ1n) is 7.98. The van der Waals surface area contributed by atoms with Crippen LogP contribution in [-0.2, 0) is 6.42 Å². The molecule has 1 aliphatic heterocycles. The van der Waals surface area contributed by atoms with Crippen molar-refractivity contribution in [2.45, 2.75) is 31.8 Å². The molecule has 1 aliphatic rings. The van der Waals surface area contributed by atoms with Crippen LogP contribution in [0.1, 0.15) is 18.9 Å². The second kappa shape index (κ2) is 7.04. The third kappa shape index (κ3) is 3.85. The Morgan fingerprint density at radius 3 is 2.78 bits per heavy atom. The van der Waals surface area contributed by atoms with Crippen LogP contribution in [0.3, 0.4) is 0 Å². The van der Waals surface area contributed by atoms with Crippen LogP contribution in [0.2, 0.25) is 0 Å². The largest absolute Gasteiger partial charge is 0.353 e. The van der Waals surface area contributed by atoms with Crippen LogP contribution in [0.4, 0.5) is 14.6 Å². The predicted molar refractivity (Wildman–Crippen MR) is 87.5 cm³/mol. The highest BCUT2D eigenvalue weighted by Gasteiger charge is 2.26. The lowest BCUT2D eigenvalue weighted by Gasteiger charge is -2.21. The maximum absolute atomic E-state index is 13.8. The van der Waals surface area contributed by atoms with E-state index in [1.807, 2.05) is 17.0 Å². The number of halogens is 2. The summed E-state index contributed by atoms with van der Waals surface area (Å²) >= 11 is 0. The average Bonchev–Trinajstić information content (AvgIpc) is 2.98. The van der Waals surface area contributed by atoms with Crippen molar-refractivity contribution in [3.63, 3.8) is 0 Å². The van der Waals surface area contributed by atoms with Gasteiger partial charge in [0.1, 0.15) is 5.82 Å². The van der Waals surface area contributed by atoms with Crippen LogP contribution in [0.25, 0.3) is 0 Å². The van der Waals surface area contributed by atoms with Crippen LogP contribution in [-0.4, -0.2) is 30.2 Å². The van der Waals surface area contributed by atoms with E-state index < -0.39 is 0 Å². The molecule has 2 heterocycles. The molecule has 0 aliphatic carbocycles. The smallest absolute Gasteiger partial charge is 0.165 e. The second-order valence-corrected chi connectivity index (χ2v) is 6.10. The molecule has 1 aromatic carbocycles. The summed E-state index contributed by atoms with van der Waals surface area (Å²) in [4.78, 5) is 6.09. The molecule has 0 spiro atoms. The molecule has 2 aromatic rings. The molecule has 3 rings (SSSR count). The van der Waals surface area contributed by atoms with Crippen LogP contribution in [0.5, 0.6) is 0 Å². The Hall–Kier alpha value is -2.01. The number of hydrogen-bond acceptors (Lipinski definition) is 3. The Morgan fingerprint density at radius 1 is 1.22 bits per heavy atom. The maximum Gasteiger partial charge on any atom is 0.165 e. The molecule has 122 valence electrons. The molecule has 2 unspecified atom stereocenters. The van der Waals surface area contributed by atoms with Gasteiger partial charge in [0.05, 0.1) is 0 Å². The zero-order valence-corrected chi connectivity index (χ0v) is 13.2. The fourth-order valence-electron chi connectivity index (χ4n) is 3.15. The van der Waals surface area contributed by atoms with Gasteiger partial charge in [-0.05, 0) is 43.5 Å². The molecule has 1 fully saturated rings. The number of nitrogens with zero attached hydrogens (tertiary/aromatic N) is 2. The second-order valence-electron chi connectivity index (χ2n) is 6.10. The van der Waals surface area contributed by atoms with Crippen LogP contribution >= 0.6 is 0 Å². The topological polar surface area (TPSA) is 28.2 Å². The van der Waals surface area contributed by atoms with E-state index in [-0.39, 0.29) is 23.7 Å². The fraction of sp³-hybridized carbons (Fsp3) is 0.389. The molecule has 23 heavy (non-hydrogen) atoms. The summed E-state index contributed by atoms with van der Waals surface area (Å²) in [7, 11) is 0. The highest BCUT2D eigenvalue weighted by atomic mass is 19.1. The fourth-order valence-corrected chi connectivity index (χ4v) is 3.15. The van der Waals surface area contributed by atoms with Crippen molar-refractivity contribution in [1.82, 2.24) is 10.3 Å². The number of aromatic nitrogens is 1. The Morgan fingerprint density at radius 2 is 2.00 bits per heavy atom. The van der Waals surface area contributed by atoms with Gasteiger partial charge in [0.15, 0.2) is 11.6 Å². The minimum absolute atomic E-state index is 0.158. The standard InChI is InChI=1S/C18H21F2N3/c1-13(11-14-5-2-3-6-16(14)19)22-15-8-10-23(12-15)18-17(20)7-4-9-21-18/h2-7,9,13,15,22H,8,10-12H2,1H3. The van der Waals surface area contributed by atoms with E-state index in [4.69, 9.17) is 0 Å². The molecule has 5 heteroatoms. The minimum atomic E-state index is -0.285. The highest BCUT2D eigenvalue weighted by Crippen LogP contribution is 2.21. The van der Waals surface area contributed by atoms with Crippen molar-refractivity contribution in [2.24, 2.45) is 0 Å². The number of anilines is 1. The van der Waals surface area contributed by atoms with Gasteiger partial charge < -0.3 is 10.2 Å². The van der Waals surface area contributed by atoms with Crippen LogP contribution < -0.4 is 10.2 Å². The Bertz CT molecular complexity index is 662. The summed E-state index contributed by atoms with van der Waals surface area (Å²) in [6.45, 7) is 3.55. The summed E-state index contributed by atoms with van der Waals surface area (Å²) in [5, 5.41) is 3.52. The summed E-state index contributed by atoms with van der Waals surface area (Å²) in [5.74, 6) is -0.0316. The van der Waals surface area contributed by atoms with Gasteiger partial charge in [0.2, 0.25) is 0 Å². The number of rotatable bonds is 5. The van der Waals surface area contributed by atoms with Gasteiger partial charge in [-0.1, -0.05) is 18.2 Å². The Kier molecular flexibility index (Phi) is 4.86. The number of nitrogens with one attached hydrogen (secondary N) is 1. The summed E-state index contributed by atoms with van der Waals surface area (Å²) in [6, 6.07) is 10.3. The van der Waals surface area contributed by atoms with Crippen molar-refractivity contribution < 1.29 is 8.78 Å². The first-order chi connectivity index (χ1) is 11.1. The van der Waals surface area contributed by atoms with E-state index in [2.05, 4.69) is 17.2 Å². The molecular formula is C18H21F2N3. The first kappa shape index (κ1) is 15.9. The SMILES string of the molecule is CC(Cc1ccccc1F)NC1CCN(c2ncccc2F)C1. The van der Waals surface area contributed by atoms with Crippen molar-refractivity contribution in [3.05, 3.63) is 59.8 Å². The quantitative estimate of drug-likeness (QED) is 0.918. The number of pyridine rings is 1. The number of hydrogen-bond donors (Lipinski definition) is 1. The van der Waals surface area contributed by atoms with E-state index >= 15 is 0 Å². The average molecular weight is 317 g/mol. The van der Waals surface area contributed by atoms with Gasteiger partial charge in [0, 0.05) is 31.4 Å². The third-order valence-corrected chi connectivity index (χ3v) is 4.23. The lowest BCUT2D eigenvalue weighted by Crippen LogP contribution is -2.40. The van der Waals surface area contributed by atoms with Gasteiger partial charge >= 0.3 is 0 Å². The molecule has 0 amide bonds. The van der Waals surface area contributed by atoms with Gasteiger partial charge in [-0.15, -0.1) is 0 Å². The van der Waals surface area contributed by atoms with E-state index in [0.29, 0.717) is 12.2 Å². The molecule has 0 radical (unpaired) electrons. The van der Waals surface area contributed by atoms with Crippen molar-refractivity contribution >= 4 is 5.82 Å². The minimum Gasteiger partial charge on any atom is -0.353 e. The van der Waals surface area contributed by atoms with E-state index in [0.717, 1.165) is 25.1 Å². The predicted octanol–water partition coefficient (Wildman–Crippen LogP) is 3.16. The molecule has 1 aromatic heterocycles. The Labute approximate surface area is 135 Å². The molecule has 1 saturated heterocycles. The lowest BCUT2D eigenvalue weighted by atomic mass is 10.1. The van der Waals surface area contributed by atoms with Crippen molar-refractivity contribution in [3.8, 4) is 0 Å². The number of benzene rings is 1.